The molecule has 0 aromatic heterocycles. The van der Waals surface area contributed by atoms with Crippen LogP contribution in [-0.4, -0.2) is 55.7 Å². The van der Waals surface area contributed by atoms with E-state index in [0.717, 1.165) is 67.9 Å². The highest BCUT2D eigenvalue weighted by Gasteiger charge is 2.39. The highest BCUT2D eigenvalue weighted by Crippen LogP contribution is 2.43. The number of aryl methyl sites for hydroxylation is 1. The molecule has 4 rings (SSSR count). The van der Waals surface area contributed by atoms with Crippen molar-refractivity contribution in [3.63, 3.8) is 0 Å². The number of hydrogen-bond donors (Lipinski definition) is 1. The summed E-state index contributed by atoms with van der Waals surface area (Å²) in [5.74, 6) is 2.43. The molecule has 1 N–H and O–H groups in total. The predicted molar refractivity (Wildman–Crippen MR) is 174 cm³/mol. The zero-order valence-corrected chi connectivity index (χ0v) is 27.5. The Bertz CT molecular complexity index is 1210. The van der Waals surface area contributed by atoms with Crippen molar-refractivity contribution in [1.82, 2.24) is 4.72 Å². The normalized spacial score (nSPS) is 23.1. The molecule has 8 heteroatoms. The molecule has 6 nitrogen and oxygen atoms in total. The van der Waals surface area contributed by atoms with Gasteiger partial charge in [0.25, 0.3) is 0 Å². The van der Waals surface area contributed by atoms with Crippen LogP contribution in [0, 0.1) is 17.8 Å². The number of fused-ring (bicyclic) bond motifs is 1. The molecule has 1 fully saturated rings. The van der Waals surface area contributed by atoms with Crippen LogP contribution in [0.3, 0.4) is 0 Å². The van der Waals surface area contributed by atoms with E-state index in [1.807, 2.05) is 31.4 Å². The molecule has 0 amide bonds. The van der Waals surface area contributed by atoms with Gasteiger partial charge >= 0.3 is 0 Å². The van der Waals surface area contributed by atoms with Gasteiger partial charge in [0.1, 0.15) is 12.0 Å². The van der Waals surface area contributed by atoms with Gasteiger partial charge in [-0.05, 0) is 105 Å². The molecule has 42 heavy (non-hydrogen) atoms. The first-order valence-corrected chi connectivity index (χ1v) is 17.2. The number of carbonyl (C=O) groups excluding carboxylic acids is 1. The van der Waals surface area contributed by atoms with Crippen LogP contribution >= 0.6 is 11.6 Å². The van der Waals surface area contributed by atoms with Gasteiger partial charge in [-0.15, -0.1) is 0 Å². The van der Waals surface area contributed by atoms with Gasteiger partial charge in [0.05, 0.1) is 29.4 Å². The van der Waals surface area contributed by atoms with Gasteiger partial charge in [-0.1, -0.05) is 44.4 Å². The van der Waals surface area contributed by atoms with Gasteiger partial charge < -0.3 is 14.4 Å². The third-order valence-electron chi connectivity index (χ3n) is 9.60. The van der Waals surface area contributed by atoms with E-state index < -0.39 is 11.0 Å². The lowest BCUT2D eigenvalue weighted by Gasteiger charge is -2.44. The fraction of sp³-hybridized carbons (Fsp3) is 0.618. The molecule has 1 aliphatic heterocycles. The van der Waals surface area contributed by atoms with Gasteiger partial charge in [-0.25, -0.2) is 8.93 Å². The third kappa shape index (κ3) is 7.96. The first-order chi connectivity index (χ1) is 20.3. The third-order valence-corrected chi connectivity index (χ3v) is 11.4. The second kappa shape index (κ2) is 15.7. The number of ether oxygens (including phenoxy) is 2. The first kappa shape index (κ1) is 33.0. The van der Waals surface area contributed by atoms with E-state index in [1.54, 1.807) is 7.05 Å². The average molecular weight is 617 g/mol. The standard InChI is InChI=1S/C34H49ClN2O4S/c1-6-8-26-18-29(35)13-15-30(26)28-20-37(32-17-25(21-38)11-16-34(32)41-22-28)19-27-12-14-31(27)33(40-5)10-7-9-23(2)24(3)42(39)36-4/h11,13,15-18,21,23-24,27-28,31,33,36H,6-10,12,14,19-20,22H2,1-5H3. The summed E-state index contributed by atoms with van der Waals surface area (Å²) in [6, 6.07) is 12.0. The van der Waals surface area contributed by atoms with Crippen molar-refractivity contribution in [3.8, 4) is 5.75 Å². The summed E-state index contributed by atoms with van der Waals surface area (Å²) in [7, 11) is 2.61. The van der Waals surface area contributed by atoms with Crippen LogP contribution in [0.1, 0.15) is 86.7 Å². The van der Waals surface area contributed by atoms with Crippen LogP contribution in [0.25, 0.3) is 0 Å². The number of halogens is 1. The maximum atomic E-state index is 12.2. The summed E-state index contributed by atoms with van der Waals surface area (Å²) < 4.78 is 27.6. The second-order valence-corrected chi connectivity index (χ2v) is 14.4. The molecule has 2 aromatic carbocycles. The molecule has 7 atom stereocenters. The number of nitrogens with one attached hydrogen (secondary N) is 1. The van der Waals surface area contributed by atoms with Crippen molar-refractivity contribution in [1.29, 1.82) is 0 Å². The summed E-state index contributed by atoms with van der Waals surface area (Å²) in [6.07, 6.45) is 8.64. The number of aldehydes is 1. The highest BCUT2D eigenvalue weighted by atomic mass is 35.5. The van der Waals surface area contributed by atoms with Gasteiger partial charge in [0, 0.05) is 42.0 Å². The first-order valence-electron chi connectivity index (χ1n) is 15.7. The molecule has 0 radical (unpaired) electrons. The summed E-state index contributed by atoms with van der Waals surface area (Å²) in [5, 5.41) is 0.898. The number of hydrogen-bond acceptors (Lipinski definition) is 5. The summed E-state index contributed by atoms with van der Waals surface area (Å²) in [5.41, 5.74) is 4.27. The SMILES string of the molecule is CCCc1cc(Cl)ccc1C1COc2ccc(C=O)cc2N(CC2CCC2C(CCCC(C)C(C)S(=O)NC)OC)C1. The molecule has 2 aromatic rings. The Morgan fingerprint density at radius 3 is 2.67 bits per heavy atom. The fourth-order valence-electron chi connectivity index (χ4n) is 6.78. The maximum Gasteiger partial charge on any atom is 0.150 e. The van der Waals surface area contributed by atoms with E-state index in [4.69, 9.17) is 21.1 Å². The van der Waals surface area contributed by atoms with Gasteiger partial charge in [-0.2, -0.15) is 0 Å². The number of rotatable bonds is 15. The van der Waals surface area contributed by atoms with Crippen molar-refractivity contribution in [3.05, 3.63) is 58.1 Å². The Kier molecular flexibility index (Phi) is 12.3. The summed E-state index contributed by atoms with van der Waals surface area (Å²) in [4.78, 5) is 14.2. The number of carbonyl (C=O) groups is 1. The lowest BCUT2D eigenvalue weighted by Crippen LogP contribution is -2.45. The van der Waals surface area contributed by atoms with E-state index in [0.29, 0.717) is 29.9 Å². The largest absolute Gasteiger partial charge is 0.491 e. The second-order valence-electron chi connectivity index (χ2n) is 12.2. The Morgan fingerprint density at radius 1 is 1.19 bits per heavy atom. The van der Waals surface area contributed by atoms with Crippen LogP contribution in [0.5, 0.6) is 5.75 Å². The number of anilines is 1. The van der Waals surface area contributed by atoms with Crippen molar-refractivity contribution >= 4 is 34.6 Å². The maximum absolute atomic E-state index is 12.2. The molecular weight excluding hydrogens is 568 g/mol. The Morgan fingerprint density at radius 2 is 2.00 bits per heavy atom. The zero-order chi connectivity index (χ0) is 30.2. The Labute approximate surface area is 260 Å². The average Bonchev–Trinajstić information content (AvgIpc) is 3.16. The molecule has 1 heterocycles. The van der Waals surface area contributed by atoms with E-state index in [2.05, 4.69) is 42.5 Å². The molecule has 2 aliphatic rings. The highest BCUT2D eigenvalue weighted by molar-refractivity contribution is 7.83. The molecule has 7 unspecified atom stereocenters. The van der Waals surface area contributed by atoms with Crippen molar-refractivity contribution in [2.75, 3.05) is 38.8 Å². The van der Waals surface area contributed by atoms with Crippen molar-refractivity contribution < 1.29 is 18.5 Å². The molecular formula is C34H49ClN2O4S. The molecule has 1 aliphatic carbocycles. The lowest BCUT2D eigenvalue weighted by atomic mass is 9.69. The van der Waals surface area contributed by atoms with Crippen molar-refractivity contribution in [2.45, 2.75) is 83.0 Å². The Hall–Kier alpha value is -1.93. The van der Waals surface area contributed by atoms with Crippen LogP contribution in [-0.2, 0) is 22.1 Å². The fourth-order valence-corrected chi connectivity index (χ4v) is 7.90. The number of benzene rings is 2. The number of methoxy groups -OCH3 is 1. The van der Waals surface area contributed by atoms with Crippen LogP contribution in [0.15, 0.2) is 36.4 Å². The minimum absolute atomic E-state index is 0.125. The van der Waals surface area contributed by atoms with Crippen molar-refractivity contribution in [2.24, 2.45) is 17.8 Å². The van der Waals surface area contributed by atoms with Gasteiger partial charge in [0.2, 0.25) is 0 Å². The van der Waals surface area contributed by atoms with E-state index in [9.17, 15) is 9.00 Å². The summed E-state index contributed by atoms with van der Waals surface area (Å²) >= 11 is 6.40. The Balaban J connectivity index is 1.50. The van der Waals surface area contributed by atoms with Crippen LogP contribution < -0.4 is 14.4 Å². The molecule has 0 saturated heterocycles. The smallest absolute Gasteiger partial charge is 0.150 e. The minimum Gasteiger partial charge on any atom is -0.491 e. The minimum atomic E-state index is -0.996. The molecule has 0 spiro atoms. The zero-order valence-electron chi connectivity index (χ0n) is 25.9. The molecule has 232 valence electrons. The van der Waals surface area contributed by atoms with Crippen LogP contribution in [0.2, 0.25) is 5.02 Å². The molecule has 1 saturated carbocycles. The predicted octanol–water partition coefficient (Wildman–Crippen LogP) is 7.21. The molecule has 0 bridgehead atoms. The van der Waals surface area contributed by atoms with E-state index in [1.165, 1.54) is 24.0 Å². The quantitative estimate of drug-likeness (QED) is 0.214. The van der Waals surface area contributed by atoms with Gasteiger partial charge in [0.15, 0.2) is 0 Å². The van der Waals surface area contributed by atoms with E-state index in [-0.39, 0.29) is 17.3 Å². The number of nitrogens with zero attached hydrogens (tertiary/aromatic N) is 1. The summed E-state index contributed by atoms with van der Waals surface area (Å²) in [6.45, 7) is 8.78. The van der Waals surface area contributed by atoms with E-state index >= 15 is 0 Å². The lowest BCUT2D eigenvalue weighted by molar-refractivity contribution is -0.0222. The van der Waals surface area contributed by atoms with Gasteiger partial charge in [-0.3, -0.25) is 4.79 Å². The van der Waals surface area contributed by atoms with Crippen LogP contribution in [0.4, 0.5) is 5.69 Å². The monoisotopic (exact) mass is 616 g/mol. The topological polar surface area (TPSA) is 67.9 Å².